The molecule has 0 fully saturated rings. The first-order valence-corrected chi connectivity index (χ1v) is 6.26. The summed E-state index contributed by atoms with van der Waals surface area (Å²) < 4.78 is 19.1. The van der Waals surface area contributed by atoms with Gasteiger partial charge in [0.1, 0.15) is 17.3 Å². The minimum absolute atomic E-state index is 0.321. The summed E-state index contributed by atoms with van der Waals surface area (Å²) in [6, 6.07) is 11.3. The average Bonchev–Trinajstić information content (AvgIpc) is 2.33. The summed E-state index contributed by atoms with van der Waals surface area (Å²) in [4.78, 5) is 0. The highest BCUT2D eigenvalue weighted by Crippen LogP contribution is 2.30. The molecule has 0 aliphatic rings. The predicted molar refractivity (Wildman–Crippen MR) is 71.2 cm³/mol. The monoisotopic (exact) mass is 310 g/mol. The lowest BCUT2D eigenvalue weighted by atomic mass is 10.1. The van der Waals surface area contributed by atoms with E-state index in [4.69, 9.17) is 4.74 Å². The van der Waals surface area contributed by atoms with E-state index in [9.17, 15) is 9.50 Å². The van der Waals surface area contributed by atoms with E-state index in [2.05, 4.69) is 15.9 Å². The molecule has 1 atom stereocenters. The minimum Gasteiger partial charge on any atom is -0.456 e. The van der Waals surface area contributed by atoms with Crippen molar-refractivity contribution in [1.29, 1.82) is 0 Å². The van der Waals surface area contributed by atoms with E-state index in [1.807, 2.05) is 0 Å². The molecule has 1 N–H and O–H groups in total. The first kappa shape index (κ1) is 13.1. The zero-order chi connectivity index (χ0) is 13.1. The fourth-order valence-electron chi connectivity index (χ4n) is 1.50. The number of hydrogen-bond donors (Lipinski definition) is 1. The highest BCUT2D eigenvalue weighted by atomic mass is 79.9. The van der Waals surface area contributed by atoms with E-state index in [0.717, 1.165) is 5.56 Å². The van der Waals surface area contributed by atoms with Gasteiger partial charge in [0.05, 0.1) is 10.6 Å². The van der Waals surface area contributed by atoms with Crippen molar-refractivity contribution in [2.24, 2.45) is 0 Å². The van der Waals surface area contributed by atoms with Gasteiger partial charge in [0, 0.05) is 0 Å². The Balaban J connectivity index is 2.18. The van der Waals surface area contributed by atoms with Crippen LogP contribution in [0.25, 0.3) is 0 Å². The number of halogens is 2. The van der Waals surface area contributed by atoms with Gasteiger partial charge in [0.15, 0.2) is 0 Å². The van der Waals surface area contributed by atoms with Gasteiger partial charge in [0.25, 0.3) is 0 Å². The van der Waals surface area contributed by atoms with Gasteiger partial charge in [-0.15, -0.1) is 0 Å². The van der Waals surface area contributed by atoms with Crippen LogP contribution in [0.3, 0.4) is 0 Å². The highest BCUT2D eigenvalue weighted by Gasteiger charge is 2.05. The molecule has 0 heterocycles. The maximum atomic E-state index is 12.9. The summed E-state index contributed by atoms with van der Waals surface area (Å²) in [5, 5.41) is 9.39. The maximum Gasteiger partial charge on any atom is 0.141 e. The van der Waals surface area contributed by atoms with Crippen LogP contribution in [-0.4, -0.2) is 5.11 Å². The quantitative estimate of drug-likeness (QED) is 0.908. The Kier molecular flexibility index (Phi) is 3.99. The average molecular weight is 311 g/mol. The Labute approximate surface area is 113 Å². The highest BCUT2D eigenvalue weighted by molar-refractivity contribution is 9.10. The van der Waals surface area contributed by atoms with Gasteiger partial charge in [-0.3, -0.25) is 0 Å². The normalized spacial score (nSPS) is 12.2. The maximum absolute atomic E-state index is 12.9. The molecule has 94 valence electrons. The van der Waals surface area contributed by atoms with Gasteiger partial charge < -0.3 is 9.84 Å². The zero-order valence-corrected chi connectivity index (χ0v) is 11.3. The molecular weight excluding hydrogens is 299 g/mol. The molecule has 0 spiro atoms. The molecule has 0 saturated carbocycles. The smallest absolute Gasteiger partial charge is 0.141 e. The van der Waals surface area contributed by atoms with Gasteiger partial charge in [-0.2, -0.15) is 0 Å². The topological polar surface area (TPSA) is 29.5 Å². The fourth-order valence-corrected chi connectivity index (χ4v) is 1.93. The summed E-state index contributed by atoms with van der Waals surface area (Å²) in [5.41, 5.74) is 0.820. The first-order chi connectivity index (χ1) is 8.56. The molecule has 0 radical (unpaired) electrons. The third-order valence-corrected chi connectivity index (χ3v) is 3.10. The SMILES string of the molecule is C[C@H](O)c1ccc(Oc2ccc(F)cc2Br)cc1. The Bertz CT molecular complexity index is 538. The second kappa shape index (κ2) is 5.50. The third kappa shape index (κ3) is 3.09. The molecule has 2 aromatic carbocycles. The van der Waals surface area contributed by atoms with Crippen LogP contribution in [0.5, 0.6) is 11.5 Å². The van der Waals surface area contributed by atoms with Crippen LogP contribution in [0, 0.1) is 5.82 Å². The van der Waals surface area contributed by atoms with Crippen molar-refractivity contribution in [1.82, 2.24) is 0 Å². The van der Waals surface area contributed by atoms with Crippen LogP contribution < -0.4 is 4.74 Å². The van der Waals surface area contributed by atoms with Crippen LogP contribution >= 0.6 is 15.9 Å². The molecular formula is C14H12BrFO2. The van der Waals surface area contributed by atoms with Crippen molar-refractivity contribution < 1.29 is 14.2 Å². The second-order valence-electron chi connectivity index (χ2n) is 3.92. The summed E-state index contributed by atoms with van der Waals surface area (Å²) >= 11 is 3.24. The van der Waals surface area contributed by atoms with E-state index in [-0.39, 0.29) is 5.82 Å². The number of rotatable bonds is 3. The Morgan fingerprint density at radius 1 is 1.17 bits per heavy atom. The van der Waals surface area contributed by atoms with Crippen LogP contribution in [0.15, 0.2) is 46.9 Å². The van der Waals surface area contributed by atoms with Gasteiger partial charge in [-0.05, 0) is 58.7 Å². The van der Waals surface area contributed by atoms with Crippen molar-refractivity contribution in [3.05, 3.63) is 58.3 Å². The summed E-state index contributed by atoms with van der Waals surface area (Å²) in [6.07, 6.45) is -0.503. The first-order valence-electron chi connectivity index (χ1n) is 5.47. The largest absolute Gasteiger partial charge is 0.456 e. The van der Waals surface area contributed by atoms with E-state index < -0.39 is 6.10 Å². The number of benzene rings is 2. The molecule has 2 nitrogen and oxygen atoms in total. The molecule has 0 amide bonds. The molecule has 0 saturated heterocycles. The van der Waals surface area contributed by atoms with Gasteiger partial charge in [-0.25, -0.2) is 4.39 Å². The van der Waals surface area contributed by atoms with E-state index in [1.54, 1.807) is 37.3 Å². The van der Waals surface area contributed by atoms with Crippen molar-refractivity contribution in [3.63, 3.8) is 0 Å². The van der Waals surface area contributed by atoms with Gasteiger partial charge >= 0.3 is 0 Å². The van der Waals surface area contributed by atoms with E-state index >= 15 is 0 Å². The van der Waals surface area contributed by atoms with Gasteiger partial charge in [-0.1, -0.05) is 12.1 Å². The Hall–Kier alpha value is -1.39. The Morgan fingerprint density at radius 2 is 1.83 bits per heavy atom. The van der Waals surface area contributed by atoms with Crippen LogP contribution in [0.2, 0.25) is 0 Å². The van der Waals surface area contributed by atoms with Crippen molar-refractivity contribution in [3.8, 4) is 11.5 Å². The predicted octanol–water partition coefficient (Wildman–Crippen LogP) is 4.43. The van der Waals surface area contributed by atoms with Crippen LogP contribution in [0.1, 0.15) is 18.6 Å². The van der Waals surface area contributed by atoms with E-state index in [1.165, 1.54) is 12.1 Å². The number of ether oxygens (including phenoxy) is 1. The minimum atomic E-state index is -0.503. The van der Waals surface area contributed by atoms with Gasteiger partial charge in [0.2, 0.25) is 0 Å². The lowest BCUT2D eigenvalue weighted by Gasteiger charge is -2.09. The Morgan fingerprint density at radius 3 is 2.39 bits per heavy atom. The lowest BCUT2D eigenvalue weighted by Crippen LogP contribution is -1.91. The number of aliphatic hydroxyl groups excluding tert-OH is 1. The summed E-state index contributed by atoms with van der Waals surface area (Å²) in [6.45, 7) is 1.70. The molecule has 18 heavy (non-hydrogen) atoms. The van der Waals surface area contributed by atoms with Crippen molar-refractivity contribution >= 4 is 15.9 Å². The molecule has 4 heteroatoms. The van der Waals surface area contributed by atoms with Crippen molar-refractivity contribution in [2.75, 3.05) is 0 Å². The molecule has 0 bridgehead atoms. The number of aliphatic hydroxyl groups is 1. The lowest BCUT2D eigenvalue weighted by molar-refractivity contribution is 0.199. The number of hydrogen-bond acceptors (Lipinski definition) is 2. The van der Waals surface area contributed by atoms with Crippen LogP contribution in [-0.2, 0) is 0 Å². The van der Waals surface area contributed by atoms with Crippen molar-refractivity contribution in [2.45, 2.75) is 13.0 Å². The fraction of sp³-hybridized carbons (Fsp3) is 0.143. The molecule has 0 aromatic heterocycles. The summed E-state index contributed by atoms with van der Waals surface area (Å²) in [7, 11) is 0. The van der Waals surface area contributed by atoms with E-state index in [0.29, 0.717) is 16.0 Å². The molecule has 0 aliphatic heterocycles. The van der Waals surface area contributed by atoms with Crippen LogP contribution in [0.4, 0.5) is 4.39 Å². The second-order valence-corrected chi connectivity index (χ2v) is 4.78. The standard InChI is InChI=1S/C14H12BrFO2/c1-9(17)10-2-5-12(6-3-10)18-14-7-4-11(16)8-13(14)15/h2-9,17H,1H3/t9-/m0/s1. The molecule has 0 unspecified atom stereocenters. The zero-order valence-electron chi connectivity index (χ0n) is 9.73. The molecule has 0 aliphatic carbocycles. The molecule has 2 aromatic rings. The summed E-state index contributed by atoms with van der Waals surface area (Å²) in [5.74, 6) is 0.853. The third-order valence-electron chi connectivity index (χ3n) is 2.48. The molecule has 2 rings (SSSR count).